The Morgan fingerprint density at radius 1 is 1.56 bits per heavy atom. The second-order valence-corrected chi connectivity index (χ2v) is 3.67. The Morgan fingerprint density at radius 3 is 2.94 bits per heavy atom. The number of nitrogens with two attached hydrogens (primary N) is 1. The number of ether oxygens (including phenoxy) is 1. The summed E-state index contributed by atoms with van der Waals surface area (Å²) < 4.78 is 5.10. The van der Waals surface area contributed by atoms with E-state index < -0.39 is 5.97 Å². The number of carbonyl (C=O) groups is 1. The summed E-state index contributed by atoms with van der Waals surface area (Å²) in [6, 6.07) is 7.41. The number of hydrogen-bond acceptors (Lipinski definition) is 3. The van der Waals surface area contributed by atoms with Gasteiger partial charge in [0.1, 0.15) is 5.75 Å². The highest BCUT2D eigenvalue weighted by molar-refractivity contribution is 5.66. The Kier molecular flexibility index (Phi) is 4.79. The zero-order valence-electron chi connectivity index (χ0n) is 9.35. The van der Waals surface area contributed by atoms with Crippen LogP contribution in [0.2, 0.25) is 0 Å². The van der Waals surface area contributed by atoms with Crippen LogP contribution in [-0.4, -0.2) is 18.2 Å². The van der Waals surface area contributed by atoms with Gasteiger partial charge in [0.2, 0.25) is 0 Å². The third-order valence-electron chi connectivity index (χ3n) is 2.43. The predicted octanol–water partition coefficient (Wildman–Crippen LogP) is 1.95. The van der Waals surface area contributed by atoms with Crippen molar-refractivity contribution in [2.75, 3.05) is 7.11 Å². The molecule has 0 amide bonds. The van der Waals surface area contributed by atoms with Gasteiger partial charge < -0.3 is 15.6 Å². The van der Waals surface area contributed by atoms with E-state index >= 15 is 0 Å². The maximum Gasteiger partial charge on any atom is 0.303 e. The molecule has 3 N–H and O–H groups in total. The first-order chi connectivity index (χ1) is 7.63. The van der Waals surface area contributed by atoms with E-state index in [9.17, 15) is 4.79 Å². The number of rotatable bonds is 6. The molecule has 0 aliphatic rings. The van der Waals surface area contributed by atoms with Crippen LogP contribution in [0.15, 0.2) is 24.3 Å². The van der Waals surface area contributed by atoms with Crippen molar-refractivity contribution >= 4 is 5.97 Å². The monoisotopic (exact) mass is 223 g/mol. The van der Waals surface area contributed by atoms with E-state index in [1.165, 1.54) is 0 Å². The van der Waals surface area contributed by atoms with Crippen molar-refractivity contribution in [3.8, 4) is 5.75 Å². The van der Waals surface area contributed by atoms with Crippen LogP contribution in [0, 0.1) is 0 Å². The van der Waals surface area contributed by atoms with Gasteiger partial charge in [-0.15, -0.1) is 0 Å². The Morgan fingerprint density at radius 2 is 2.31 bits per heavy atom. The summed E-state index contributed by atoms with van der Waals surface area (Å²) in [5, 5.41) is 8.52. The number of hydrogen-bond donors (Lipinski definition) is 2. The smallest absolute Gasteiger partial charge is 0.303 e. The first kappa shape index (κ1) is 12.5. The van der Waals surface area contributed by atoms with Gasteiger partial charge in [-0.1, -0.05) is 12.1 Å². The van der Waals surface area contributed by atoms with Crippen molar-refractivity contribution in [3.05, 3.63) is 29.8 Å². The van der Waals surface area contributed by atoms with Crippen molar-refractivity contribution in [2.45, 2.75) is 25.3 Å². The Hall–Kier alpha value is -1.55. The van der Waals surface area contributed by atoms with Crippen molar-refractivity contribution in [1.82, 2.24) is 0 Å². The number of carboxylic acids is 1. The van der Waals surface area contributed by atoms with Gasteiger partial charge in [0.25, 0.3) is 0 Å². The molecule has 1 aromatic carbocycles. The third kappa shape index (κ3) is 3.90. The highest BCUT2D eigenvalue weighted by Crippen LogP contribution is 2.21. The maximum absolute atomic E-state index is 10.4. The fourth-order valence-electron chi connectivity index (χ4n) is 1.51. The molecule has 1 rings (SSSR count). The molecular formula is C12H17NO3. The molecule has 0 fully saturated rings. The van der Waals surface area contributed by atoms with Gasteiger partial charge in [-0.3, -0.25) is 4.79 Å². The van der Waals surface area contributed by atoms with Gasteiger partial charge in [0.05, 0.1) is 7.11 Å². The quantitative estimate of drug-likeness (QED) is 0.773. The minimum atomic E-state index is -0.780. The molecule has 0 aromatic heterocycles. The molecule has 0 spiro atoms. The molecule has 1 atom stereocenters. The van der Waals surface area contributed by atoms with Gasteiger partial charge in [-0.2, -0.15) is 0 Å². The standard InChI is InChI=1S/C12H17NO3/c1-16-10-5-2-4-9(8-10)11(13)6-3-7-12(14)15/h2,4-5,8,11H,3,6-7,13H2,1H3,(H,14,15). The lowest BCUT2D eigenvalue weighted by atomic mass is 10.0. The first-order valence-electron chi connectivity index (χ1n) is 5.25. The number of methoxy groups -OCH3 is 1. The van der Waals surface area contributed by atoms with Crippen LogP contribution in [0.3, 0.4) is 0 Å². The van der Waals surface area contributed by atoms with Gasteiger partial charge in [0, 0.05) is 12.5 Å². The van der Waals surface area contributed by atoms with Gasteiger partial charge in [-0.25, -0.2) is 0 Å². The van der Waals surface area contributed by atoms with Crippen LogP contribution < -0.4 is 10.5 Å². The normalized spacial score (nSPS) is 12.1. The fraction of sp³-hybridized carbons (Fsp3) is 0.417. The average molecular weight is 223 g/mol. The molecule has 1 unspecified atom stereocenters. The summed E-state index contributed by atoms with van der Waals surface area (Å²) in [6.07, 6.45) is 1.42. The first-order valence-corrected chi connectivity index (χ1v) is 5.25. The minimum absolute atomic E-state index is 0.130. The topological polar surface area (TPSA) is 72.5 Å². The van der Waals surface area contributed by atoms with E-state index in [4.69, 9.17) is 15.6 Å². The molecule has 1 aromatic rings. The highest BCUT2D eigenvalue weighted by atomic mass is 16.5. The molecule has 4 nitrogen and oxygen atoms in total. The van der Waals surface area contributed by atoms with Crippen LogP contribution >= 0.6 is 0 Å². The van der Waals surface area contributed by atoms with Crippen molar-refractivity contribution in [3.63, 3.8) is 0 Å². The Labute approximate surface area is 95.0 Å². The van der Waals surface area contributed by atoms with Gasteiger partial charge >= 0.3 is 5.97 Å². The van der Waals surface area contributed by atoms with E-state index in [2.05, 4.69) is 0 Å². The van der Waals surface area contributed by atoms with Crippen LogP contribution in [0.4, 0.5) is 0 Å². The predicted molar refractivity (Wildman–Crippen MR) is 61.4 cm³/mol. The summed E-state index contributed by atoms with van der Waals surface area (Å²) >= 11 is 0. The summed E-state index contributed by atoms with van der Waals surface area (Å²) in [5.74, 6) is -0.0102. The molecule has 0 radical (unpaired) electrons. The summed E-state index contributed by atoms with van der Waals surface area (Å²) in [4.78, 5) is 10.4. The molecule has 16 heavy (non-hydrogen) atoms. The summed E-state index contributed by atoms with van der Waals surface area (Å²) in [7, 11) is 1.61. The number of benzene rings is 1. The van der Waals surface area contributed by atoms with Crippen molar-refractivity contribution in [1.29, 1.82) is 0 Å². The van der Waals surface area contributed by atoms with E-state index in [0.29, 0.717) is 12.8 Å². The highest BCUT2D eigenvalue weighted by Gasteiger charge is 2.07. The van der Waals surface area contributed by atoms with Gasteiger partial charge in [-0.05, 0) is 30.5 Å². The zero-order chi connectivity index (χ0) is 12.0. The zero-order valence-corrected chi connectivity index (χ0v) is 9.35. The maximum atomic E-state index is 10.4. The molecule has 4 heteroatoms. The van der Waals surface area contributed by atoms with E-state index in [-0.39, 0.29) is 12.5 Å². The van der Waals surface area contributed by atoms with E-state index in [0.717, 1.165) is 11.3 Å². The molecule has 0 aliphatic heterocycles. The van der Waals surface area contributed by atoms with Crippen LogP contribution in [0.25, 0.3) is 0 Å². The largest absolute Gasteiger partial charge is 0.497 e. The lowest BCUT2D eigenvalue weighted by Gasteiger charge is -2.12. The summed E-state index contributed by atoms with van der Waals surface area (Å²) in [5.41, 5.74) is 6.93. The molecule has 0 aliphatic carbocycles. The molecule has 88 valence electrons. The van der Waals surface area contributed by atoms with Crippen LogP contribution in [-0.2, 0) is 4.79 Å². The Balaban J connectivity index is 2.51. The molecular weight excluding hydrogens is 206 g/mol. The molecule has 0 heterocycles. The van der Waals surface area contributed by atoms with Crippen molar-refractivity contribution < 1.29 is 14.6 Å². The number of aliphatic carboxylic acids is 1. The second-order valence-electron chi connectivity index (χ2n) is 3.67. The van der Waals surface area contributed by atoms with E-state index in [1.54, 1.807) is 7.11 Å². The molecule has 0 bridgehead atoms. The minimum Gasteiger partial charge on any atom is -0.497 e. The lowest BCUT2D eigenvalue weighted by molar-refractivity contribution is -0.137. The average Bonchev–Trinajstić information content (AvgIpc) is 2.28. The molecule has 0 saturated heterocycles. The van der Waals surface area contributed by atoms with E-state index in [1.807, 2.05) is 24.3 Å². The third-order valence-corrected chi connectivity index (χ3v) is 2.43. The second kappa shape index (κ2) is 6.12. The number of carboxylic acid groups (broad SMARTS) is 1. The van der Waals surface area contributed by atoms with Gasteiger partial charge in [0.15, 0.2) is 0 Å². The van der Waals surface area contributed by atoms with Crippen LogP contribution in [0.5, 0.6) is 5.75 Å². The van der Waals surface area contributed by atoms with Crippen LogP contribution in [0.1, 0.15) is 30.9 Å². The SMILES string of the molecule is COc1cccc(C(N)CCCC(=O)O)c1. The van der Waals surface area contributed by atoms with Crippen molar-refractivity contribution in [2.24, 2.45) is 5.73 Å². The lowest BCUT2D eigenvalue weighted by Crippen LogP contribution is -2.11. The fourth-order valence-corrected chi connectivity index (χ4v) is 1.51. The summed E-state index contributed by atoms with van der Waals surface area (Å²) in [6.45, 7) is 0. The Bertz CT molecular complexity index is 352. The molecule has 0 saturated carbocycles.